The highest BCUT2D eigenvalue weighted by Gasteiger charge is 2.35. The largest absolute Gasteiger partial charge is 0.465 e. The van der Waals surface area contributed by atoms with Gasteiger partial charge in [-0.3, -0.25) is 4.79 Å². The molecule has 0 spiro atoms. The minimum atomic E-state index is -2.05. The molecule has 0 N–H and O–H groups in total. The molecule has 2 nitrogen and oxygen atoms in total. The van der Waals surface area contributed by atoms with Crippen LogP contribution in [-0.2, 0) is 9.53 Å². The summed E-state index contributed by atoms with van der Waals surface area (Å²) in [5, 5.41) is 0. The molecule has 1 aliphatic rings. The lowest BCUT2D eigenvalue weighted by atomic mass is 9.67. The SMILES string of the molecule is [2H]C([2H])([2H])[C@]1(C)CCCC(=C)[C@H]1COC(C)=O. The quantitative estimate of drug-likeness (QED) is 0.505. The van der Waals surface area contributed by atoms with Crippen molar-refractivity contribution < 1.29 is 13.6 Å². The van der Waals surface area contributed by atoms with Gasteiger partial charge < -0.3 is 4.74 Å². The standard InChI is InChI=1S/C12H20O2/c1-9-6-5-7-12(3,4)11(9)8-14-10(2)13/h11H,1,5-8H2,2-4H3/t11-/m1/s1/i3D3/t11-,12+. The molecule has 0 aromatic rings. The lowest BCUT2D eigenvalue weighted by Gasteiger charge is -2.39. The molecule has 0 heterocycles. The second-order valence-corrected chi connectivity index (χ2v) is 4.28. The molecule has 0 aromatic heterocycles. The second-order valence-electron chi connectivity index (χ2n) is 4.28. The minimum Gasteiger partial charge on any atom is -0.465 e. The van der Waals surface area contributed by atoms with Crippen molar-refractivity contribution >= 4 is 5.97 Å². The Morgan fingerprint density at radius 2 is 2.57 bits per heavy atom. The van der Waals surface area contributed by atoms with Gasteiger partial charge in [0.15, 0.2) is 0 Å². The molecule has 14 heavy (non-hydrogen) atoms. The third kappa shape index (κ3) is 2.60. The molecule has 2 atom stereocenters. The van der Waals surface area contributed by atoms with Gasteiger partial charge in [-0.1, -0.05) is 25.9 Å². The zero-order valence-electron chi connectivity index (χ0n) is 11.9. The Morgan fingerprint density at radius 3 is 3.14 bits per heavy atom. The number of rotatable bonds is 2. The summed E-state index contributed by atoms with van der Waals surface area (Å²) in [6.45, 7) is 5.09. The third-order valence-electron chi connectivity index (χ3n) is 2.91. The highest BCUT2D eigenvalue weighted by Crippen LogP contribution is 2.42. The van der Waals surface area contributed by atoms with E-state index in [1.807, 2.05) is 0 Å². The van der Waals surface area contributed by atoms with Crippen LogP contribution in [0.5, 0.6) is 0 Å². The van der Waals surface area contributed by atoms with E-state index in [-0.39, 0.29) is 18.5 Å². The van der Waals surface area contributed by atoms with E-state index in [1.165, 1.54) is 6.92 Å². The molecular weight excluding hydrogens is 176 g/mol. The Kier molecular flexibility index (Phi) is 2.23. The molecule has 0 amide bonds. The summed E-state index contributed by atoms with van der Waals surface area (Å²) < 4.78 is 28.0. The molecule has 1 rings (SSSR count). The van der Waals surface area contributed by atoms with Gasteiger partial charge in [0.25, 0.3) is 0 Å². The maximum atomic E-state index is 10.9. The first-order valence-corrected chi connectivity index (χ1v) is 4.99. The normalized spacial score (nSPS) is 36.9. The van der Waals surface area contributed by atoms with Gasteiger partial charge in [-0.25, -0.2) is 0 Å². The smallest absolute Gasteiger partial charge is 0.302 e. The average Bonchev–Trinajstić information content (AvgIpc) is 2.14. The van der Waals surface area contributed by atoms with Crippen LogP contribution in [0, 0.1) is 11.3 Å². The van der Waals surface area contributed by atoms with Crippen molar-refractivity contribution in [2.24, 2.45) is 11.3 Å². The van der Waals surface area contributed by atoms with Crippen molar-refractivity contribution in [1.82, 2.24) is 0 Å². The number of hydrogen-bond acceptors (Lipinski definition) is 2. The third-order valence-corrected chi connectivity index (χ3v) is 2.91. The fourth-order valence-electron chi connectivity index (χ4n) is 1.98. The summed E-state index contributed by atoms with van der Waals surface area (Å²) in [5.74, 6) is -0.649. The van der Waals surface area contributed by atoms with Crippen LogP contribution < -0.4 is 0 Å². The first-order chi connectivity index (χ1) is 7.68. The van der Waals surface area contributed by atoms with Gasteiger partial charge in [-0.05, 0) is 24.7 Å². The molecule has 0 bridgehead atoms. The van der Waals surface area contributed by atoms with Gasteiger partial charge in [0, 0.05) is 17.0 Å². The van der Waals surface area contributed by atoms with Gasteiger partial charge in [-0.2, -0.15) is 0 Å². The minimum absolute atomic E-state index is 0.128. The van der Waals surface area contributed by atoms with Gasteiger partial charge in [0.1, 0.15) is 0 Å². The maximum Gasteiger partial charge on any atom is 0.302 e. The molecule has 0 saturated heterocycles. The Morgan fingerprint density at radius 1 is 1.86 bits per heavy atom. The number of ether oxygens (including phenoxy) is 1. The van der Waals surface area contributed by atoms with Crippen LogP contribution in [0.3, 0.4) is 0 Å². The zero-order valence-corrected chi connectivity index (χ0v) is 8.93. The number of esters is 1. The molecule has 1 aliphatic carbocycles. The van der Waals surface area contributed by atoms with Gasteiger partial charge >= 0.3 is 5.97 Å². The molecule has 80 valence electrons. The summed E-state index contributed by atoms with van der Waals surface area (Å²) >= 11 is 0. The maximum absolute atomic E-state index is 10.9. The Labute approximate surface area is 90.5 Å². The van der Waals surface area contributed by atoms with Crippen molar-refractivity contribution in [3.05, 3.63) is 12.2 Å². The lowest BCUT2D eigenvalue weighted by molar-refractivity contribution is -0.143. The monoisotopic (exact) mass is 199 g/mol. The predicted octanol–water partition coefficient (Wildman–Crippen LogP) is 2.93. The first kappa shape index (κ1) is 7.49. The topological polar surface area (TPSA) is 26.3 Å². The highest BCUT2D eigenvalue weighted by atomic mass is 16.5. The summed E-state index contributed by atoms with van der Waals surface area (Å²) in [6.07, 6.45) is 2.27. The molecule has 1 saturated carbocycles. The first-order valence-electron chi connectivity index (χ1n) is 6.49. The van der Waals surface area contributed by atoms with E-state index in [9.17, 15) is 4.79 Å². The van der Waals surface area contributed by atoms with E-state index in [0.717, 1.165) is 18.4 Å². The van der Waals surface area contributed by atoms with E-state index in [0.29, 0.717) is 6.42 Å². The van der Waals surface area contributed by atoms with Gasteiger partial charge in [0.05, 0.1) is 6.61 Å². The number of carbonyl (C=O) groups excluding carboxylic acids is 1. The molecule has 2 heteroatoms. The Bertz CT molecular complexity index is 322. The van der Waals surface area contributed by atoms with Crippen molar-refractivity contribution in [2.45, 2.75) is 40.0 Å². The van der Waals surface area contributed by atoms with Crippen molar-refractivity contribution in [3.8, 4) is 0 Å². The fourth-order valence-corrected chi connectivity index (χ4v) is 1.98. The van der Waals surface area contributed by atoms with E-state index >= 15 is 0 Å². The summed E-state index contributed by atoms with van der Waals surface area (Å²) in [5.41, 5.74) is 0.0498. The molecule has 0 aromatic carbocycles. The molecule has 0 radical (unpaired) electrons. The van der Waals surface area contributed by atoms with Crippen LogP contribution in [0.2, 0.25) is 0 Å². The van der Waals surface area contributed by atoms with Crippen molar-refractivity contribution in [1.29, 1.82) is 0 Å². The van der Waals surface area contributed by atoms with Crippen molar-refractivity contribution in [2.75, 3.05) is 6.61 Å². The van der Waals surface area contributed by atoms with Crippen LogP contribution in [0.15, 0.2) is 12.2 Å². The van der Waals surface area contributed by atoms with Crippen LogP contribution in [0.1, 0.15) is 44.1 Å². The van der Waals surface area contributed by atoms with E-state index in [1.54, 1.807) is 6.92 Å². The molecule has 1 fully saturated rings. The van der Waals surface area contributed by atoms with Crippen molar-refractivity contribution in [3.63, 3.8) is 0 Å². The fraction of sp³-hybridized carbons (Fsp3) is 0.750. The second kappa shape index (κ2) is 4.16. The van der Waals surface area contributed by atoms with E-state index in [2.05, 4.69) is 6.58 Å². The predicted molar refractivity (Wildman–Crippen MR) is 56.9 cm³/mol. The zero-order chi connectivity index (χ0) is 13.3. The Hall–Kier alpha value is -0.790. The molecule has 0 aliphatic heterocycles. The average molecular weight is 199 g/mol. The molecule has 0 unspecified atom stereocenters. The van der Waals surface area contributed by atoms with Crippen LogP contribution in [0.4, 0.5) is 0 Å². The summed E-state index contributed by atoms with van der Waals surface area (Å²) in [4.78, 5) is 10.9. The van der Waals surface area contributed by atoms with Gasteiger partial charge in [-0.15, -0.1) is 0 Å². The van der Waals surface area contributed by atoms with Crippen LogP contribution in [-0.4, -0.2) is 12.6 Å². The van der Waals surface area contributed by atoms with Crippen LogP contribution in [0.25, 0.3) is 0 Å². The highest BCUT2D eigenvalue weighted by molar-refractivity contribution is 5.65. The summed E-state index contributed by atoms with van der Waals surface area (Å²) in [7, 11) is 0. The van der Waals surface area contributed by atoms with Gasteiger partial charge in [0.2, 0.25) is 0 Å². The van der Waals surface area contributed by atoms with Crippen LogP contribution >= 0.6 is 0 Å². The molecular formula is C12H20O2. The number of hydrogen-bond donors (Lipinski definition) is 0. The Balaban J connectivity index is 2.92. The van der Waals surface area contributed by atoms with E-state index in [4.69, 9.17) is 8.85 Å². The lowest BCUT2D eigenvalue weighted by Crippen LogP contribution is -2.33. The summed E-state index contributed by atoms with van der Waals surface area (Å²) in [6, 6.07) is 0. The van der Waals surface area contributed by atoms with E-state index < -0.39 is 12.3 Å². The number of carbonyl (C=O) groups is 1.